The maximum Gasteiger partial charge on any atom is 0.255 e. The molecule has 6 nitrogen and oxygen atoms in total. The number of amides is 1. The molecule has 0 aliphatic heterocycles. The van der Waals surface area contributed by atoms with Crippen molar-refractivity contribution in [2.75, 3.05) is 40.0 Å². The van der Waals surface area contributed by atoms with Crippen molar-refractivity contribution in [3.05, 3.63) is 23.8 Å². The summed E-state index contributed by atoms with van der Waals surface area (Å²) in [6.07, 6.45) is 1.10. The van der Waals surface area contributed by atoms with E-state index in [0.717, 1.165) is 19.3 Å². The minimum Gasteiger partial charge on any atom is -0.496 e. The SMILES string of the molecule is CCN(C)CCNC(=O)c1cc(S(C)(=O)=O)ccc1OC. The Bertz CT molecular complexity index is 599. The molecule has 21 heavy (non-hydrogen) atoms. The van der Waals surface area contributed by atoms with Crippen LogP contribution in [-0.2, 0) is 9.84 Å². The molecular weight excluding hydrogens is 292 g/mol. The molecule has 0 heterocycles. The van der Waals surface area contributed by atoms with Gasteiger partial charge in [0, 0.05) is 19.3 Å². The van der Waals surface area contributed by atoms with Crippen LogP contribution in [0.4, 0.5) is 0 Å². The van der Waals surface area contributed by atoms with Crippen molar-refractivity contribution in [2.45, 2.75) is 11.8 Å². The molecule has 0 radical (unpaired) electrons. The molecule has 118 valence electrons. The predicted octanol–water partition coefficient (Wildman–Crippen LogP) is 0.780. The summed E-state index contributed by atoms with van der Waals surface area (Å²) >= 11 is 0. The topological polar surface area (TPSA) is 75.7 Å². The zero-order valence-electron chi connectivity index (χ0n) is 12.8. The van der Waals surface area contributed by atoms with Crippen molar-refractivity contribution in [3.8, 4) is 5.75 Å². The van der Waals surface area contributed by atoms with E-state index in [0.29, 0.717) is 12.3 Å². The third-order valence-electron chi connectivity index (χ3n) is 3.16. The van der Waals surface area contributed by atoms with Gasteiger partial charge in [-0.15, -0.1) is 0 Å². The molecule has 0 fully saturated rings. The molecule has 0 spiro atoms. The Morgan fingerprint density at radius 1 is 1.38 bits per heavy atom. The van der Waals surface area contributed by atoms with E-state index in [-0.39, 0.29) is 16.4 Å². The lowest BCUT2D eigenvalue weighted by Crippen LogP contribution is -2.33. The first-order valence-electron chi connectivity index (χ1n) is 6.64. The maximum atomic E-state index is 12.2. The summed E-state index contributed by atoms with van der Waals surface area (Å²) in [6, 6.07) is 4.26. The predicted molar refractivity (Wildman–Crippen MR) is 81.6 cm³/mol. The lowest BCUT2D eigenvalue weighted by Gasteiger charge is -2.15. The molecule has 1 aromatic carbocycles. The van der Waals surface area contributed by atoms with E-state index in [1.807, 2.05) is 14.0 Å². The van der Waals surface area contributed by atoms with Gasteiger partial charge >= 0.3 is 0 Å². The quantitative estimate of drug-likeness (QED) is 0.805. The minimum absolute atomic E-state index is 0.0964. The minimum atomic E-state index is -3.37. The Hall–Kier alpha value is -1.60. The van der Waals surface area contributed by atoms with E-state index in [9.17, 15) is 13.2 Å². The fourth-order valence-electron chi connectivity index (χ4n) is 1.71. The van der Waals surface area contributed by atoms with Crippen LogP contribution in [0.5, 0.6) is 5.75 Å². The molecule has 0 saturated carbocycles. The van der Waals surface area contributed by atoms with Crippen LogP contribution in [0.25, 0.3) is 0 Å². The number of benzene rings is 1. The van der Waals surface area contributed by atoms with Crippen molar-refractivity contribution in [3.63, 3.8) is 0 Å². The summed E-state index contributed by atoms with van der Waals surface area (Å²) in [4.78, 5) is 14.3. The second-order valence-corrected chi connectivity index (χ2v) is 6.80. The molecule has 0 aliphatic carbocycles. The van der Waals surface area contributed by atoms with Gasteiger partial charge in [0.05, 0.1) is 17.6 Å². The Morgan fingerprint density at radius 2 is 2.05 bits per heavy atom. The van der Waals surface area contributed by atoms with Crippen LogP contribution in [0.15, 0.2) is 23.1 Å². The summed E-state index contributed by atoms with van der Waals surface area (Å²) in [7, 11) is 0.0314. The summed E-state index contributed by atoms with van der Waals surface area (Å²) in [6.45, 7) is 4.12. The number of sulfone groups is 1. The maximum absolute atomic E-state index is 12.2. The zero-order chi connectivity index (χ0) is 16.0. The normalized spacial score (nSPS) is 11.5. The van der Waals surface area contributed by atoms with E-state index < -0.39 is 9.84 Å². The van der Waals surface area contributed by atoms with E-state index in [2.05, 4.69) is 10.2 Å². The molecule has 0 saturated heterocycles. The van der Waals surface area contributed by atoms with Gasteiger partial charge in [0.1, 0.15) is 5.75 Å². The largest absolute Gasteiger partial charge is 0.496 e. The van der Waals surface area contributed by atoms with E-state index in [1.54, 1.807) is 0 Å². The van der Waals surface area contributed by atoms with Crippen LogP contribution in [0, 0.1) is 0 Å². The third-order valence-corrected chi connectivity index (χ3v) is 4.27. The second-order valence-electron chi connectivity index (χ2n) is 4.79. The monoisotopic (exact) mass is 314 g/mol. The molecule has 0 atom stereocenters. The van der Waals surface area contributed by atoms with Gasteiger partial charge in [0.25, 0.3) is 5.91 Å². The molecule has 7 heteroatoms. The molecule has 1 rings (SSSR count). The smallest absolute Gasteiger partial charge is 0.255 e. The molecular formula is C14H22N2O4S. The van der Waals surface area contributed by atoms with Gasteiger partial charge in [-0.1, -0.05) is 6.92 Å². The first-order valence-corrected chi connectivity index (χ1v) is 8.53. The Kier molecular flexibility index (Phi) is 6.17. The second kappa shape index (κ2) is 7.42. The van der Waals surface area contributed by atoms with E-state index in [1.165, 1.54) is 25.3 Å². The number of methoxy groups -OCH3 is 1. The Labute approximate surface area is 126 Å². The van der Waals surface area contributed by atoms with E-state index >= 15 is 0 Å². The highest BCUT2D eigenvalue weighted by Gasteiger charge is 2.16. The number of carbonyl (C=O) groups excluding carboxylic acids is 1. The van der Waals surface area contributed by atoms with Crippen LogP contribution >= 0.6 is 0 Å². The standard InChI is InChI=1S/C14H22N2O4S/c1-5-16(2)9-8-15-14(17)12-10-11(21(4,18)19)6-7-13(12)20-3/h6-7,10H,5,8-9H2,1-4H3,(H,15,17). The highest BCUT2D eigenvalue weighted by Crippen LogP contribution is 2.22. The Balaban J connectivity index is 2.91. The van der Waals surface area contributed by atoms with Crippen LogP contribution in [-0.4, -0.2) is 59.3 Å². The third kappa shape index (κ3) is 5.02. The van der Waals surface area contributed by atoms with Crippen molar-refractivity contribution in [2.24, 2.45) is 0 Å². The molecule has 0 aliphatic rings. The summed E-state index contributed by atoms with van der Waals surface area (Å²) in [5, 5.41) is 2.76. The molecule has 0 unspecified atom stereocenters. The molecule has 0 bridgehead atoms. The Morgan fingerprint density at radius 3 is 2.57 bits per heavy atom. The zero-order valence-corrected chi connectivity index (χ0v) is 13.7. The number of rotatable bonds is 7. The van der Waals surface area contributed by atoms with Crippen LogP contribution < -0.4 is 10.1 Å². The number of hydrogen-bond acceptors (Lipinski definition) is 5. The fourth-order valence-corrected chi connectivity index (χ4v) is 2.36. The average molecular weight is 314 g/mol. The number of hydrogen-bond donors (Lipinski definition) is 1. The summed E-state index contributed by atoms with van der Waals surface area (Å²) in [5.74, 6) is 0.00518. The van der Waals surface area contributed by atoms with E-state index in [4.69, 9.17) is 4.74 Å². The lowest BCUT2D eigenvalue weighted by molar-refractivity contribution is 0.0947. The van der Waals surface area contributed by atoms with Gasteiger partial charge in [-0.05, 0) is 31.8 Å². The first kappa shape index (κ1) is 17.5. The van der Waals surface area contributed by atoms with Gasteiger partial charge < -0.3 is 15.0 Å². The number of nitrogens with one attached hydrogen (secondary N) is 1. The molecule has 1 amide bonds. The van der Waals surface area contributed by atoms with Gasteiger partial charge in [-0.3, -0.25) is 4.79 Å². The fraction of sp³-hybridized carbons (Fsp3) is 0.500. The lowest BCUT2D eigenvalue weighted by atomic mass is 10.2. The van der Waals surface area contributed by atoms with Crippen LogP contribution in [0.2, 0.25) is 0 Å². The average Bonchev–Trinajstić information content (AvgIpc) is 2.45. The van der Waals surface area contributed by atoms with Gasteiger partial charge in [0.2, 0.25) is 0 Å². The van der Waals surface area contributed by atoms with Gasteiger partial charge in [-0.2, -0.15) is 0 Å². The van der Waals surface area contributed by atoms with Crippen LogP contribution in [0.3, 0.4) is 0 Å². The summed E-state index contributed by atoms with van der Waals surface area (Å²) < 4.78 is 28.3. The molecule has 0 aromatic heterocycles. The first-order chi connectivity index (χ1) is 9.79. The van der Waals surface area contributed by atoms with Crippen molar-refractivity contribution in [1.82, 2.24) is 10.2 Å². The highest BCUT2D eigenvalue weighted by atomic mass is 32.2. The molecule has 1 N–H and O–H groups in total. The van der Waals surface area contributed by atoms with Crippen molar-refractivity contribution < 1.29 is 17.9 Å². The summed E-state index contributed by atoms with van der Waals surface area (Å²) in [5.41, 5.74) is 0.222. The number of likely N-dealkylation sites (N-methyl/N-ethyl adjacent to an activating group) is 1. The van der Waals surface area contributed by atoms with Crippen LogP contribution in [0.1, 0.15) is 17.3 Å². The van der Waals surface area contributed by atoms with Crippen molar-refractivity contribution >= 4 is 15.7 Å². The van der Waals surface area contributed by atoms with Gasteiger partial charge in [0.15, 0.2) is 9.84 Å². The number of ether oxygens (including phenoxy) is 1. The highest BCUT2D eigenvalue weighted by molar-refractivity contribution is 7.90. The van der Waals surface area contributed by atoms with Gasteiger partial charge in [-0.25, -0.2) is 8.42 Å². The number of nitrogens with zero attached hydrogens (tertiary/aromatic N) is 1. The van der Waals surface area contributed by atoms with Crippen molar-refractivity contribution in [1.29, 1.82) is 0 Å². The number of carbonyl (C=O) groups is 1. The molecule has 1 aromatic rings.